The maximum absolute atomic E-state index is 11.9. The number of rotatable bonds is 6. The minimum atomic E-state index is -0.455. The molecule has 1 amide bonds. The number of hydrogen-bond acceptors (Lipinski definition) is 3. The van der Waals surface area contributed by atoms with Crippen molar-refractivity contribution in [2.75, 3.05) is 19.3 Å². The van der Waals surface area contributed by atoms with Crippen molar-refractivity contribution in [3.63, 3.8) is 0 Å². The molecule has 3 nitrogen and oxygen atoms in total. The molecule has 2 N–H and O–H groups in total. The third kappa shape index (κ3) is 3.38. The lowest BCUT2D eigenvalue weighted by atomic mass is 10.0. The van der Waals surface area contributed by atoms with Gasteiger partial charge in [-0.15, -0.1) is 0 Å². The lowest BCUT2D eigenvalue weighted by Crippen LogP contribution is -2.53. The monoisotopic (exact) mass is 230 g/mol. The fourth-order valence-electron chi connectivity index (χ4n) is 1.58. The third-order valence-corrected chi connectivity index (χ3v) is 4.42. The first kappa shape index (κ1) is 12.8. The zero-order chi connectivity index (χ0) is 11.5. The molecule has 0 spiro atoms. The van der Waals surface area contributed by atoms with E-state index in [0.29, 0.717) is 4.75 Å². The fraction of sp³-hybridized carbons (Fsp3) is 0.909. The maximum Gasteiger partial charge on any atom is 0.239 e. The van der Waals surface area contributed by atoms with Gasteiger partial charge in [-0.2, -0.15) is 11.8 Å². The molecule has 1 rings (SSSR count). The molecule has 88 valence electrons. The maximum atomic E-state index is 11.9. The molecule has 1 aliphatic carbocycles. The topological polar surface area (TPSA) is 41.1 Å². The lowest BCUT2D eigenvalue weighted by molar-refractivity contribution is -0.126. The van der Waals surface area contributed by atoms with Gasteiger partial charge in [0.25, 0.3) is 0 Å². The second-order valence-electron chi connectivity index (χ2n) is 4.73. The van der Waals surface area contributed by atoms with Crippen LogP contribution in [0.2, 0.25) is 0 Å². The van der Waals surface area contributed by atoms with Crippen LogP contribution in [0.3, 0.4) is 0 Å². The number of amides is 1. The van der Waals surface area contributed by atoms with Crippen LogP contribution in [-0.4, -0.2) is 35.5 Å². The quantitative estimate of drug-likeness (QED) is 0.724. The van der Waals surface area contributed by atoms with E-state index in [2.05, 4.69) is 16.9 Å². The molecular weight excluding hydrogens is 208 g/mol. The van der Waals surface area contributed by atoms with Crippen molar-refractivity contribution in [2.24, 2.45) is 0 Å². The molecule has 1 fully saturated rings. The number of carbonyl (C=O) groups is 1. The van der Waals surface area contributed by atoms with Gasteiger partial charge in [-0.05, 0) is 39.5 Å². The van der Waals surface area contributed by atoms with E-state index in [1.807, 2.05) is 32.5 Å². The van der Waals surface area contributed by atoms with E-state index in [-0.39, 0.29) is 5.91 Å². The largest absolute Gasteiger partial charge is 0.353 e. The van der Waals surface area contributed by atoms with Crippen molar-refractivity contribution in [3.8, 4) is 0 Å². The minimum absolute atomic E-state index is 0.102. The summed E-state index contributed by atoms with van der Waals surface area (Å²) in [5.74, 6) is 0.102. The second kappa shape index (κ2) is 4.74. The number of nitrogens with one attached hydrogen (secondary N) is 2. The summed E-state index contributed by atoms with van der Waals surface area (Å²) in [5, 5.41) is 6.22. The van der Waals surface area contributed by atoms with Gasteiger partial charge in [0.15, 0.2) is 0 Å². The lowest BCUT2D eigenvalue weighted by Gasteiger charge is -2.25. The van der Waals surface area contributed by atoms with Gasteiger partial charge in [0.05, 0.1) is 5.54 Å². The van der Waals surface area contributed by atoms with Crippen LogP contribution in [0.5, 0.6) is 0 Å². The molecule has 0 atom stereocenters. The smallest absolute Gasteiger partial charge is 0.239 e. The van der Waals surface area contributed by atoms with E-state index in [4.69, 9.17) is 0 Å². The van der Waals surface area contributed by atoms with Crippen LogP contribution in [-0.2, 0) is 4.79 Å². The molecular formula is C11H22N2OS. The van der Waals surface area contributed by atoms with Crippen molar-refractivity contribution in [2.45, 2.75) is 43.9 Å². The van der Waals surface area contributed by atoms with E-state index in [0.717, 1.165) is 13.1 Å². The minimum Gasteiger partial charge on any atom is -0.353 e. The molecule has 0 aliphatic heterocycles. The van der Waals surface area contributed by atoms with Gasteiger partial charge in [-0.25, -0.2) is 0 Å². The van der Waals surface area contributed by atoms with Gasteiger partial charge in [0.1, 0.15) is 0 Å². The van der Waals surface area contributed by atoms with Crippen molar-refractivity contribution in [1.29, 1.82) is 0 Å². The van der Waals surface area contributed by atoms with Crippen LogP contribution in [0.4, 0.5) is 0 Å². The zero-order valence-corrected chi connectivity index (χ0v) is 11.0. The fourth-order valence-corrected chi connectivity index (χ4v) is 2.30. The molecule has 0 bridgehead atoms. The first-order valence-electron chi connectivity index (χ1n) is 5.54. The molecule has 0 aromatic rings. The summed E-state index contributed by atoms with van der Waals surface area (Å²) in [7, 11) is 0. The van der Waals surface area contributed by atoms with Gasteiger partial charge in [0, 0.05) is 11.3 Å². The standard InChI is InChI=1S/C11H22N2OS/c1-5-13-10(2,3)9(14)12-8-11(15-4)6-7-11/h13H,5-8H2,1-4H3,(H,12,14). The van der Waals surface area contributed by atoms with Crippen LogP contribution in [0.25, 0.3) is 0 Å². The summed E-state index contributed by atoms with van der Waals surface area (Å²) in [6.45, 7) is 7.48. The van der Waals surface area contributed by atoms with Gasteiger partial charge in [-0.1, -0.05) is 6.92 Å². The molecule has 0 unspecified atom stereocenters. The van der Waals surface area contributed by atoms with Crippen LogP contribution >= 0.6 is 11.8 Å². The van der Waals surface area contributed by atoms with Crippen molar-refractivity contribution >= 4 is 17.7 Å². The van der Waals surface area contributed by atoms with Gasteiger partial charge < -0.3 is 10.6 Å². The predicted octanol–water partition coefficient (Wildman–Crippen LogP) is 1.39. The van der Waals surface area contributed by atoms with E-state index < -0.39 is 5.54 Å². The van der Waals surface area contributed by atoms with Gasteiger partial charge in [0.2, 0.25) is 5.91 Å². The second-order valence-corrected chi connectivity index (χ2v) is 6.00. The zero-order valence-electron chi connectivity index (χ0n) is 10.1. The molecule has 4 heteroatoms. The average molecular weight is 230 g/mol. The number of carbonyl (C=O) groups excluding carboxylic acids is 1. The van der Waals surface area contributed by atoms with E-state index in [1.165, 1.54) is 12.8 Å². The average Bonchev–Trinajstić information content (AvgIpc) is 2.95. The molecule has 15 heavy (non-hydrogen) atoms. The first-order valence-corrected chi connectivity index (χ1v) is 6.77. The van der Waals surface area contributed by atoms with Crippen LogP contribution in [0.15, 0.2) is 0 Å². The Hall–Kier alpha value is -0.220. The SMILES string of the molecule is CCNC(C)(C)C(=O)NCC1(SC)CC1. The molecule has 1 aliphatic rings. The Bertz CT molecular complexity index is 237. The highest BCUT2D eigenvalue weighted by atomic mass is 32.2. The van der Waals surface area contributed by atoms with E-state index in [9.17, 15) is 4.79 Å². The Balaban J connectivity index is 2.35. The van der Waals surface area contributed by atoms with Crippen LogP contribution in [0.1, 0.15) is 33.6 Å². The summed E-state index contributed by atoms with van der Waals surface area (Å²) < 4.78 is 0.345. The first-order chi connectivity index (χ1) is 6.96. The van der Waals surface area contributed by atoms with Crippen LogP contribution < -0.4 is 10.6 Å². The highest BCUT2D eigenvalue weighted by Gasteiger charge is 2.42. The Morgan fingerprint density at radius 2 is 2.07 bits per heavy atom. The van der Waals surface area contributed by atoms with Gasteiger partial charge in [-0.3, -0.25) is 4.79 Å². The third-order valence-electron chi connectivity index (χ3n) is 3.00. The Morgan fingerprint density at radius 3 is 2.47 bits per heavy atom. The van der Waals surface area contributed by atoms with E-state index >= 15 is 0 Å². The summed E-state index contributed by atoms with van der Waals surface area (Å²) in [5.41, 5.74) is -0.455. The summed E-state index contributed by atoms with van der Waals surface area (Å²) in [4.78, 5) is 11.9. The number of hydrogen-bond donors (Lipinski definition) is 2. The Labute approximate surface area is 96.8 Å². The Morgan fingerprint density at radius 1 is 1.47 bits per heavy atom. The number of thioether (sulfide) groups is 1. The molecule has 0 heterocycles. The van der Waals surface area contributed by atoms with Crippen LogP contribution in [0, 0.1) is 0 Å². The molecule has 0 radical (unpaired) electrons. The van der Waals surface area contributed by atoms with E-state index in [1.54, 1.807) is 0 Å². The highest BCUT2D eigenvalue weighted by molar-refractivity contribution is 8.00. The van der Waals surface area contributed by atoms with Gasteiger partial charge >= 0.3 is 0 Å². The molecule has 0 saturated heterocycles. The summed E-state index contributed by atoms with van der Waals surface area (Å²) >= 11 is 1.87. The number of likely N-dealkylation sites (N-methyl/N-ethyl adjacent to an activating group) is 1. The summed E-state index contributed by atoms with van der Waals surface area (Å²) in [6.07, 6.45) is 4.58. The normalized spacial score (nSPS) is 18.7. The van der Waals surface area contributed by atoms with Crippen molar-refractivity contribution < 1.29 is 4.79 Å². The molecule has 0 aromatic heterocycles. The molecule has 1 saturated carbocycles. The predicted molar refractivity (Wildman–Crippen MR) is 66.2 cm³/mol. The van der Waals surface area contributed by atoms with Crippen molar-refractivity contribution in [3.05, 3.63) is 0 Å². The molecule has 0 aromatic carbocycles. The highest BCUT2D eigenvalue weighted by Crippen LogP contribution is 2.46. The van der Waals surface area contributed by atoms with Crippen molar-refractivity contribution in [1.82, 2.24) is 10.6 Å². The Kier molecular flexibility index (Phi) is 4.06. The summed E-state index contributed by atoms with van der Waals surface area (Å²) in [6, 6.07) is 0.